The maximum absolute atomic E-state index is 12.8. The van der Waals surface area contributed by atoms with Crippen LogP contribution < -0.4 is 10.5 Å². The second kappa shape index (κ2) is 5.14. The highest BCUT2D eigenvalue weighted by molar-refractivity contribution is 6.32. The lowest BCUT2D eigenvalue weighted by Crippen LogP contribution is -2.20. The average molecular weight is 268 g/mol. The highest BCUT2D eigenvalue weighted by Gasteiger charge is 2.34. The fourth-order valence-electron chi connectivity index (χ4n) is 1.53. The van der Waals surface area contributed by atoms with Crippen LogP contribution in [0.5, 0.6) is 5.75 Å². The van der Waals surface area contributed by atoms with Gasteiger partial charge < -0.3 is 10.5 Å². The monoisotopic (exact) mass is 267 g/mol. The Bertz CT molecular complexity index is 404. The second-order valence-electron chi connectivity index (χ2n) is 3.82. The summed E-state index contributed by atoms with van der Waals surface area (Å²) in [6, 6.07) is 1.78. The SMILES string of the molecule is COc1cc(C(F)(F)F)c(CC(C)N)cc1Cl. The number of alkyl halides is 3. The zero-order valence-electron chi connectivity index (χ0n) is 9.44. The van der Waals surface area contributed by atoms with E-state index in [-0.39, 0.29) is 28.8 Å². The van der Waals surface area contributed by atoms with Gasteiger partial charge >= 0.3 is 6.18 Å². The quantitative estimate of drug-likeness (QED) is 0.912. The van der Waals surface area contributed by atoms with Crippen molar-refractivity contribution >= 4 is 11.6 Å². The van der Waals surface area contributed by atoms with E-state index in [1.165, 1.54) is 13.2 Å². The van der Waals surface area contributed by atoms with Gasteiger partial charge in [0.05, 0.1) is 17.7 Å². The van der Waals surface area contributed by atoms with Crippen molar-refractivity contribution in [1.82, 2.24) is 0 Å². The van der Waals surface area contributed by atoms with E-state index in [4.69, 9.17) is 22.1 Å². The summed E-state index contributed by atoms with van der Waals surface area (Å²) in [6.07, 6.45) is -4.33. The van der Waals surface area contributed by atoms with E-state index < -0.39 is 11.7 Å². The lowest BCUT2D eigenvalue weighted by molar-refractivity contribution is -0.138. The number of nitrogens with two attached hydrogens (primary N) is 1. The molecule has 0 aliphatic heterocycles. The van der Waals surface area contributed by atoms with E-state index in [1.807, 2.05) is 0 Å². The topological polar surface area (TPSA) is 35.2 Å². The van der Waals surface area contributed by atoms with Gasteiger partial charge in [-0.1, -0.05) is 11.6 Å². The third-order valence-electron chi connectivity index (χ3n) is 2.22. The van der Waals surface area contributed by atoms with Crippen LogP contribution in [-0.4, -0.2) is 13.2 Å². The molecule has 17 heavy (non-hydrogen) atoms. The molecule has 0 amide bonds. The fraction of sp³-hybridized carbons (Fsp3) is 0.455. The zero-order valence-corrected chi connectivity index (χ0v) is 10.2. The molecule has 1 atom stereocenters. The summed E-state index contributed by atoms with van der Waals surface area (Å²) in [5.74, 6) is 0.00687. The largest absolute Gasteiger partial charge is 0.495 e. The Hall–Kier alpha value is -0.940. The Morgan fingerprint density at radius 3 is 2.41 bits per heavy atom. The Morgan fingerprint density at radius 2 is 2.00 bits per heavy atom. The average Bonchev–Trinajstić information content (AvgIpc) is 2.14. The first-order valence-electron chi connectivity index (χ1n) is 4.95. The van der Waals surface area contributed by atoms with E-state index in [9.17, 15) is 13.2 Å². The second-order valence-corrected chi connectivity index (χ2v) is 4.23. The minimum Gasteiger partial charge on any atom is -0.495 e. The summed E-state index contributed by atoms with van der Waals surface area (Å²) in [4.78, 5) is 0. The molecule has 0 radical (unpaired) electrons. The number of hydrogen-bond acceptors (Lipinski definition) is 2. The van der Waals surface area contributed by atoms with E-state index in [0.717, 1.165) is 6.07 Å². The predicted octanol–water partition coefficient (Wildman–Crippen LogP) is 3.26. The smallest absolute Gasteiger partial charge is 0.416 e. The molecular formula is C11H13ClF3NO. The van der Waals surface area contributed by atoms with Crippen molar-refractivity contribution in [2.75, 3.05) is 7.11 Å². The summed E-state index contributed by atoms with van der Waals surface area (Å²) < 4.78 is 43.2. The molecule has 6 heteroatoms. The molecule has 0 saturated carbocycles. The third-order valence-corrected chi connectivity index (χ3v) is 2.52. The third kappa shape index (κ3) is 3.51. The molecule has 96 valence electrons. The minimum atomic E-state index is -4.44. The summed E-state index contributed by atoms with van der Waals surface area (Å²) in [6.45, 7) is 1.64. The highest BCUT2D eigenvalue weighted by atomic mass is 35.5. The summed E-state index contributed by atoms with van der Waals surface area (Å²) in [5, 5.41) is 0.149. The summed E-state index contributed by atoms with van der Waals surface area (Å²) in [5.41, 5.74) is 4.84. The van der Waals surface area contributed by atoms with Crippen molar-refractivity contribution in [2.45, 2.75) is 25.6 Å². The van der Waals surface area contributed by atoms with E-state index in [2.05, 4.69) is 0 Å². The van der Waals surface area contributed by atoms with Gasteiger partial charge in [-0.3, -0.25) is 0 Å². The molecule has 0 aliphatic carbocycles. The molecule has 0 saturated heterocycles. The number of benzene rings is 1. The van der Waals surface area contributed by atoms with Gasteiger partial charge in [-0.15, -0.1) is 0 Å². The van der Waals surface area contributed by atoms with Crippen LogP contribution in [0.15, 0.2) is 12.1 Å². The van der Waals surface area contributed by atoms with Crippen molar-refractivity contribution in [3.63, 3.8) is 0 Å². The molecule has 0 heterocycles. The van der Waals surface area contributed by atoms with Crippen molar-refractivity contribution < 1.29 is 17.9 Å². The highest BCUT2D eigenvalue weighted by Crippen LogP contribution is 2.38. The van der Waals surface area contributed by atoms with Crippen molar-refractivity contribution in [3.05, 3.63) is 28.3 Å². The molecule has 1 unspecified atom stereocenters. The maximum Gasteiger partial charge on any atom is 0.416 e. The van der Waals surface area contributed by atoms with Crippen molar-refractivity contribution in [1.29, 1.82) is 0 Å². The Balaban J connectivity index is 3.31. The van der Waals surface area contributed by atoms with Crippen LogP contribution in [0.1, 0.15) is 18.1 Å². The van der Waals surface area contributed by atoms with Gasteiger partial charge in [0.15, 0.2) is 0 Å². The number of hydrogen-bond donors (Lipinski definition) is 1. The van der Waals surface area contributed by atoms with Crippen molar-refractivity contribution in [2.24, 2.45) is 5.73 Å². The molecule has 0 spiro atoms. The first-order chi connectivity index (χ1) is 7.75. The van der Waals surface area contributed by atoms with Crippen molar-refractivity contribution in [3.8, 4) is 5.75 Å². The normalized spacial score (nSPS) is 13.6. The van der Waals surface area contributed by atoms with Crippen LogP contribution in [0.25, 0.3) is 0 Å². The van der Waals surface area contributed by atoms with Crippen LogP contribution in [0.3, 0.4) is 0 Å². The molecule has 2 nitrogen and oxygen atoms in total. The van der Waals surface area contributed by atoms with Gasteiger partial charge in [0.1, 0.15) is 5.75 Å². The lowest BCUT2D eigenvalue weighted by Gasteiger charge is -2.16. The molecule has 0 aromatic heterocycles. The molecule has 1 aromatic carbocycles. The molecule has 2 N–H and O–H groups in total. The van der Waals surface area contributed by atoms with E-state index in [1.54, 1.807) is 6.92 Å². The molecule has 1 rings (SSSR count). The Kier molecular flexibility index (Phi) is 4.27. The molecule has 0 bridgehead atoms. The fourth-order valence-corrected chi connectivity index (χ4v) is 1.79. The molecule has 0 fully saturated rings. The van der Waals surface area contributed by atoms with E-state index >= 15 is 0 Å². The predicted molar refractivity (Wildman–Crippen MR) is 60.4 cm³/mol. The van der Waals surface area contributed by atoms with Gasteiger partial charge in [0.25, 0.3) is 0 Å². The number of halogens is 4. The van der Waals surface area contributed by atoms with Gasteiger partial charge in [-0.2, -0.15) is 13.2 Å². The van der Waals surface area contributed by atoms with Gasteiger partial charge in [0, 0.05) is 6.04 Å². The summed E-state index contributed by atoms with van der Waals surface area (Å²) in [7, 11) is 1.27. The van der Waals surface area contributed by atoms with Gasteiger partial charge in [0.2, 0.25) is 0 Å². The van der Waals surface area contributed by atoms with E-state index in [0.29, 0.717) is 0 Å². The van der Waals surface area contributed by atoms with Crippen LogP contribution in [-0.2, 0) is 12.6 Å². The molecule has 1 aromatic rings. The maximum atomic E-state index is 12.8. The zero-order chi connectivity index (χ0) is 13.2. The Labute approximate surface area is 103 Å². The van der Waals surface area contributed by atoms with Gasteiger partial charge in [-0.25, -0.2) is 0 Å². The van der Waals surface area contributed by atoms with Gasteiger partial charge in [-0.05, 0) is 31.0 Å². The minimum absolute atomic E-state index is 0.00687. The van der Waals surface area contributed by atoms with Crippen LogP contribution in [0, 0.1) is 0 Å². The number of rotatable bonds is 3. The molecule has 0 aliphatic rings. The number of methoxy groups -OCH3 is 1. The van der Waals surface area contributed by atoms with Crippen LogP contribution in [0.2, 0.25) is 5.02 Å². The number of ether oxygens (including phenoxy) is 1. The Morgan fingerprint density at radius 1 is 1.41 bits per heavy atom. The van der Waals surface area contributed by atoms with Crippen LogP contribution >= 0.6 is 11.6 Å². The summed E-state index contributed by atoms with van der Waals surface area (Å²) >= 11 is 5.80. The first-order valence-corrected chi connectivity index (χ1v) is 5.32. The first kappa shape index (κ1) is 14.1. The lowest BCUT2D eigenvalue weighted by atomic mass is 10.0. The standard InChI is InChI=1S/C11H13ClF3NO/c1-6(16)3-7-4-9(12)10(17-2)5-8(7)11(13,14)15/h4-6H,3,16H2,1-2H3. The molecular weight excluding hydrogens is 255 g/mol. The van der Waals surface area contributed by atoms with Crippen LogP contribution in [0.4, 0.5) is 13.2 Å².